The predicted molar refractivity (Wildman–Crippen MR) is 161 cm³/mol. The molecule has 0 saturated heterocycles. The minimum atomic E-state index is -4.18. The monoisotopic (exact) mass is 623 g/mol. The summed E-state index contributed by atoms with van der Waals surface area (Å²) in [6, 6.07) is 18.0. The molecule has 1 N–H and O–H groups in total. The van der Waals surface area contributed by atoms with Gasteiger partial charge in [-0.15, -0.1) is 0 Å². The minimum Gasteiger partial charge on any atom is -0.352 e. The molecular weight excluding hydrogens is 593 g/mol. The Morgan fingerprint density at radius 1 is 0.875 bits per heavy atom. The van der Waals surface area contributed by atoms with Gasteiger partial charge in [-0.3, -0.25) is 13.9 Å². The Labute approximate surface area is 251 Å². The van der Waals surface area contributed by atoms with E-state index < -0.39 is 28.5 Å². The van der Waals surface area contributed by atoms with E-state index in [4.69, 9.17) is 34.8 Å². The molecule has 11 heteroatoms. The maximum absolute atomic E-state index is 14.1. The largest absolute Gasteiger partial charge is 0.352 e. The average Bonchev–Trinajstić information content (AvgIpc) is 2.92. The van der Waals surface area contributed by atoms with Crippen LogP contribution in [-0.4, -0.2) is 43.8 Å². The number of hydrogen-bond donors (Lipinski definition) is 1. The first-order valence-corrected chi connectivity index (χ1v) is 15.4. The van der Waals surface area contributed by atoms with Crippen LogP contribution >= 0.6 is 34.8 Å². The normalized spacial score (nSPS) is 12.8. The van der Waals surface area contributed by atoms with Gasteiger partial charge in [-0.2, -0.15) is 0 Å². The highest BCUT2D eigenvalue weighted by Crippen LogP contribution is 2.28. The second-order valence-electron chi connectivity index (χ2n) is 9.30. The summed E-state index contributed by atoms with van der Waals surface area (Å²) in [6.07, 6.45) is 0.999. The van der Waals surface area contributed by atoms with Crippen LogP contribution < -0.4 is 9.62 Å². The van der Waals surface area contributed by atoms with E-state index in [1.807, 2.05) is 13.8 Å². The molecule has 0 saturated carbocycles. The number of hydrogen-bond acceptors (Lipinski definition) is 4. The Balaban J connectivity index is 2.07. The highest BCUT2D eigenvalue weighted by molar-refractivity contribution is 7.92. The Bertz CT molecular complexity index is 1440. The van der Waals surface area contributed by atoms with Crippen LogP contribution in [0.2, 0.25) is 15.1 Å². The lowest BCUT2D eigenvalue weighted by atomic mass is 10.1. The van der Waals surface area contributed by atoms with Gasteiger partial charge in [-0.05, 0) is 67.8 Å². The molecule has 0 radical (unpaired) electrons. The van der Waals surface area contributed by atoms with Crippen LogP contribution in [0.1, 0.15) is 39.2 Å². The van der Waals surface area contributed by atoms with Crippen LogP contribution in [0.25, 0.3) is 0 Å². The van der Waals surface area contributed by atoms with E-state index in [1.54, 1.807) is 61.5 Å². The van der Waals surface area contributed by atoms with Crippen LogP contribution in [0.15, 0.2) is 77.7 Å². The molecule has 0 aliphatic rings. The molecule has 0 heterocycles. The summed E-state index contributed by atoms with van der Waals surface area (Å²) >= 11 is 18.7. The summed E-state index contributed by atoms with van der Waals surface area (Å²) < 4.78 is 28.6. The second-order valence-corrected chi connectivity index (χ2v) is 12.4. The third-order valence-corrected chi connectivity index (χ3v) is 9.06. The molecule has 3 aromatic rings. The summed E-state index contributed by atoms with van der Waals surface area (Å²) in [5.74, 6) is -0.924. The molecule has 2 amide bonds. The zero-order chi connectivity index (χ0) is 29.4. The van der Waals surface area contributed by atoms with Crippen molar-refractivity contribution in [1.29, 1.82) is 0 Å². The van der Waals surface area contributed by atoms with Gasteiger partial charge in [0.2, 0.25) is 11.8 Å². The van der Waals surface area contributed by atoms with Crippen molar-refractivity contribution in [1.82, 2.24) is 10.2 Å². The van der Waals surface area contributed by atoms with Crippen LogP contribution in [0.3, 0.4) is 0 Å². The molecule has 0 spiro atoms. The number of nitrogens with one attached hydrogen (secondary N) is 1. The van der Waals surface area contributed by atoms with Crippen molar-refractivity contribution < 1.29 is 18.0 Å². The number of benzene rings is 3. The molecular formula is C29H32Cl3N3O4S. The maximum Gasteiger partial charge on any atom is 0.264 e. The number of anilines is 1. The quantitative estimate of drug-likeness (QED) is 0.247. The topological polar surface area (TPSA) is 86.8 Å². The van der Waals surface area contributed by atoms with Crippen LogP contribution in [0.4, 0.5) is 5.69 Å². The van der Waals surface area contributed by atoms with Crippen molar-refractivity contribution in [2.24, 2.45) is 0 Å². The van der Waals surface area contributed by atoms with Crippen molar-refractivity contribution in [3.63, 3.8) is 0 Å². The molecule has 40 heavy (non-hydrogen) atoms. The Morgan fingerprint density at radius 3 is 2.15 bits per heavy atom. The molecule has 0 fully saturated rings. The number of nitrogens with zero attached hydrogens (tertiary/aromatic N) is 2. The Morgan fingerprint density at radius 2 is 1.55 bits per heavy atom. The highest BCUT2D eigenvalue weighted by atomic mass is 35.5. The molecule has 214 valence electrons. The first kappa shape index (κ1) is 31.7. The summed E-state index contributed by atoms with van der Waals surface area (Å²) in [6.45, 7) is 5.01. The van der Waals surface area contributed by atoms with Crippen molar-refractivity contribution in [3.05, 3.63) is 93.4 Å². The maximum atomic E-state index is 14.1. The lowest BCUT2D eigenvalue weighted by Gasteiger charge is -2.34. The zero-order valence-corrected chi connectivity index (χ0v) is 25.6. The smallest absolute Gasteiger partial charge is 0.264 e. The molecule has 0 aliphatic heterocycles. The lowest BCUT2D eigenvalue weighted by Crippen LogP contribution is -2.53. The molecule has 0 unspecified atom stereocenters. The Hall–Kier alpha value is -2.78. The van der Waals surface area contributed by atoms with E-state index in [-0.39, 0.29) is 29.1 Å². The van der Waals surface area contributed by atoms with Gasteiger partial charge in [0, 0.05) is 27.7 Å². The first-order chi connectivity index (χ1) is 19.0. The number of rotatable bonds is 12. The van der Waals surface area contributed by atoms with Crippen molar-refractivity contribution >= 4 is 62.3 Å². The zero-order valence-electron chi connectivity index (χ0n) is 22.5. The van der Waals surface area contributed by atoms with Gasteiger partial charge in [0.25, 0.3) is 10.0 Å². The van der Waals surface area contributed by atoms with Crippen LogP contribution in [0.5, 0.6) is 0 Å². The fourth-order valence-electron chi connectivity index (χ4n) is 4.07. The molecule has 0 aliphatic carbocycles. The van der Waals surface area contributed by atoms with Gasteiger partial charge in [0.1, 0.15) is 12.6 Å². The predicted octanol–water partition coefficient (Wildman–Crippen LogP) is 6.56. The van der Waals surface area contributed by atoms with Crippen molar-refractivity contribution in [2.75, 3.05) is 10.8 Å². The van der Waals surface area contributed by atoms with E-state index in [2.05, 4.69) is 5.32 Å². The highest BCUT2D eigenvalue weighted by Gasteiger charge is 2.34. The molecule has 2 atom stereocenters. The van der Waals surface area contributed by atoms with E-state index in [0.717, 1.165) is 4.31 Å². The fraction of sp³-hybridized carbons (Fsp3) is 0.310. The number of carbonyl (C=O) groups is 2. The summed E-state index contributed by atoms with van der Waals surface area (Å²) in [5, 5.41) is 4.00. The summed E-state index contributed by atoms with van der Waals surface area (Å²) in [4.78, 5) is 28.8. The number of carbonyl (C=O) groups excluding carboxylic acids is 2. The first-order valence-electron chi connectivity index (χ1n) is 12.8. The molecule has 7 nitrogen and oxygen atoms in total. The third-order valence-electron chi connectivity index (χ3n) is 6.45. The van der Waals surface area contributed by atoms with Gasteiger partial charge < -0.3 is 10.2 Å². The third kappa shape index (κ3) is 7.91. The van der Waals surface area contributed by atoms with E-state index in [1.165, 1.54) is 23.1 Å². The van der Waals surface area contributed by atoms with E-state index in [9.17, 15) is 18.0 Å². The molecule has 0 bridgehead atoms. The van der Waals surface area contributed by atoms with Crippen molar-refractivity contribution in [2.45, 2.75) is 57.1 Å². The minimum absolute atomic E-state index is 0.0108. The van der Waals surface area contributed by atoms with E-state index in [0.29, 0.717) is 33.5 Å². The molecule has 0 aromatic heterocycles. The standard InChI is InChI=1S/C29H32Cl3N3O4S/c1-4-20(3)33-29(37)27(5-2)34(18-21-14-15-23(31)17-26(21)32)28(36)19-35(24-11-9-10-22(30)16-24)40(38,39)25-12-7-6-8-13-25/h6-17,20,27H,4-5,18-19H2,1-3H3,(H,33,37)/t20-,27-/m0/s1. The Kier molecular flexibility index (Phi) is 11.3. The van der Waals surface area contributed by atoms with Crippen LogP contribution in [0, 0.1) is 0 Å². The van der Waals surface area contributed by atoms with Crippen molar-refractivity contribution in [3.8, 4) is 0 Å². The van der Waals surface area contributed by atoms with Gasteiger partial charge >= 0.3 is 0 Å². The van der Waals surface area contributed by atoms with E-state index >= 15 is 0 Å². The van der Waals surface area contributed by atoms with Gasteiger partial charge in [0.15, 0.2) is 0 Å². The lowest BCUT2D eigenvalue weighted by molar-refractivity contribution is -0.140. The summed E-state index contributed by atoms with van der Waals surface area (Å²) in [7, 11) is -4.18. The summed E-state index contributed by atoms with van der Waals surface area (Å²) in [5.41, 5.74) is 0.778. The van der Waals surface area contributed by atoms with Gasteiger partial charge in [-0.1, -0.05) is 79.0 Å². The molecule has 3 aromatic carbocycles. The van der Waals surface area contributed by atoms with Gasteiger partial charge in [-0.25, -0.2) is 8.42 Å². The number of sulfonamides is 1. The van der Waals surface area contributed by atoms with Gasteiger partial charge in [0.05, 0.1) is 10.6 Å². The second kappa shape index (κ2) is 14.2. The SMILES string of the molecule is CC[C@H](C)NC(=O)[C@H](CC)N(Cc1ccc(Cl)cc1Cl)C(=O)CN(c1cccc(Cl)c1)S(=O)(=O)c1ccccc1. The number of halogens is 3. The molecule has 3 rings (SSSR count). The van der Waals surface area contributed by atoms with Crippen LogP contribution in [-0.2, 0) is 26.2 Å². The average molecular weight is 625 g/mol. The fourth-order valence-corrected chi connectivity index (χ4v) is 6.15. The number of amides is 2.